The van der Waals surface area contributed by atoms with Crippen molar-refractivity contribution in [3.8, 4) is 0 Å². The number of aryl methyl sites for hydroxylation is 1. The van der Waals surface area contributed by atoms with Gasteiger partial charge in [0.15, 0.2) is 0 Å². The van der Waals surface area contributed by atoms with Crippen molar-refractivity contribution in [1.29, 1.82) is 0 Å². The van der Waals surface area contributed by atoms with Crippen LogP contribution < -0.4 is 4.72 Å². The number of thiophene rings is 1. The van der Waals surface area contributed by atoms with E-state index < -0.39 is 15.2 Å². The van der Waals surface area contributed by atoms with Gasteiger partial charge < -0.3 is 0 Å². The molecule has 0 aromatic carbocycles. The van der Waals surface area contributed by atoms with E-state index in [1.54, 1.807) is 11.3 Å². The van der Waals surface area contributed by atoms with E-state index in [2.05, 4.69) is 4.72 Å². The molecule has 74 valence electrons. The molecule has 1 aromatic rings. The van der Waals surface area contributed by atoms with Crippen LogP contribution in [0.4, 0.5) is 0 Å². The van der Waals surface area contributed by atoms with Crippen LogP contribution in [-0.4, -0.2) is 13.6 Å². The van der Waals surface area contributed by atoms with Crippen molar-refractivity contribution in [3.05, 3.63) is 21.9 Å². The summed E-state index contributed by atoms with van der Waals surface area (Å²) in [6.45, 7) is 2.30. The smallest absolute Gasteiger partial charge is 0.211 e. The molecule has 0 saturated carbocycles. The van der Waals surface area contributed by atoms with Crippen LogP contribution in [0.5, 0.6) is 0 Å². The zero-order chi connectivity index (χ0) is 9.90. The molecular formula is C7H10ClNO2S2. The molecule has 1 N–H and O–H groups in total. The maximum atomic E-state index is 10.9. The van der Waals surface area contributed by atoms with E-state index in [-0.39, 0.29) is 0 Å². The van der Waals surface area contributed by atoms with Gasteiger partial charge in [-0.05, 0) is 19.1 Å². The second-order valence-electron chi connectivity index (χ2n) is 2.56. The van der Waals surface area contributed by atoms with Crippen LogP contribution in [-0.2, 0) is 16.6 Å². The molecule has 3 nitrogen and oxygen atoms in total. The lowest BCUT2D eigenvalue weighted by Crippen LogP contribution is -2.23. The van der Waals surface area contributed by atoms with E-state index in [0.717, 1.165) is 4.88 Å². The molecule has 0 bridgehead atoms. The summed E-state index contributed by atoms with van der Waals surface area (Å²) in [6.07, 6.45) is 0. The highest BCUT2D eigenvalue weighted by atomic mass is 35.5. The zero-order valence-corrected chi connectivity index (χ0v) is 9.47. The van der Waals surface area contributed by atoms with Crippen molar-refractivity contribution in [2.45, 2.75) is 13.5 Å². The zero-order valence-electron chi connectivity index (χ0n) is 7.08. The Balaban J connectivity index is 2.53. The maximum Gasteiger partial charge on any atom is 0.225 e. The lowest BCUT2D eigenvalue weighted by Gasteiger charge is -2.00. The highest BCUT2D eigenvalue weighted by Gasteiger charge is 2.07. The number of rotatable bonds is 4. The van der Waals surface area contributed by atoms with Crippen LogP contribution in [0, 0.1) is 6.92 Å². The molecular weight excluding hydrogens is 230 g/mol. The van der Waals surface area contributed by atoms with Crippen LogP contribution in [0.3, 0.4) is 0 Å². The molecule has 0 atom stereocenters. The average Bonchev–Trinajstić information content (AvgIpc) is 2.48. The van der Waals surface area contributed by atoms with E-state index in [9.17, 15) is 8.42 Å². The summed E-state index contributed by atoms with van der Waals surface area (Å²) >= 11 is 6.79. The van der Waals surface area contributed by atoms with Gasteiger partial charge in [0.1, 0.15) is 5.21 Å². The Morgan fingerprint density at radius 1 is 1.54 bits per heavy atom. The van der Waals surface area contributed by atoms with Crippen LogP contribution in [0.25, 0.3) is 0 Å². The van der Waals surface area contributed by atoms with Gasteiger partial charge in [0.25, 0.3) is 0 Å². The van der Waals surface area contributed by atoms with Gasteiger partial charge in [-0.3, -0.25) is 0 Å². The number of hydrogen-bond acceptors (Lipinski definition) is 3. The first-order chi connectivity index (χ1) is 6.03. The molecule has 0 amide bonds. The molecule has 13 heavy (non-hydrogen) atoms. The monoisotopic (exact) mass is 239 g/mol. The largest absolute Gasteiger partial charge is 0.225 e. The second kappa shape index (κ2) is 4.41. The van der Waals surface area contributed by atoms with Crippen LogP contribution in [0.2, 0.25) is 0 Å². The van der Waals surface area contributed by atoms with Gasteiger partial charge in [-0.25, -0.2) is 13.1 Å². The summed E-state index contributed by atoms with van der Waals surface area (Å²) in [5.41, 5.74) is 0. The minimum atomic E-state index is -3.29. The van der Waals surface area contributed by atoms with E-state index in [0.29, 0.717) is 6.54 Å². The molecule has 1 rings (SSSR count). The molecule has 0 fully saturated rings. The number of sulfonamides is 1. The first-order valence-electron chi connectivity index (χ1n) is 3.62. The standard InChI is InChI=1S/C7H10ClNO2S2/c1-6-2-3-7(12-6)4-9-13(10,11)5-8/h2-3,9H,4-5H2,1H3. The Morgan fingerprint density at radius 2 is 2.23 bits per heavy atom. The van der Waals surface area contributed by atoms with Crippen molar-refractivity contribution < 1.29 is 8.42 Å². The van der Waals surface area contributed by atoms with Gasteiger partial charge in [-0.1, -0.05) is 0 Å². The third-order valence-electron chi connectivity index (χ3n) is 1.41. The van der Waals surface area contributed by atoms with Crippen LogP contribution >= 0.6 is 22.9 Å². The van der Waals surface area contributed by atoms with Crippen molar-refractivity contribution in [1.82, 2.24) is 4.72 Å². The first kappa shape index (κ1) is 11.0. The van der Waals surface area contributed by atoms with Gasteiger partial charge in [-0.2, -0.15) is 0 Å². The summed E-state index contributed by atoms with van der Waals surface area (Å²) in [5.74, 6) is 0. The third kappa shape index (κ3) is 3.64. The molecule has 1 aromatic heterocycles. The fraction of sp³-hybridized carbons (Fsp3) is 0.429. The quantitative estimate of drug-likeness (QED) is 0.813. The van der Waals surface area contributed by atoms with E-state index in [1.807, 2.05) is 19.1 Å². The Hall–Kier alpha value is -0.100. The Labute approximate surface area is 86.8 Å². The number of hydrogen-bond donors (Lipinski definition) is 1. The normalized spacial score (nSPS) is 11.8. The van der Waals surface area contributed by atoms with Gasteiger partial charge >= 0.3 is 0 Å². The first-order valence-corrected chi connectivity index (χ1v) is 6.62. The summed E-state index contributed by atoms with van der Waals surface area (Å²) in [6, 6.07) is 3.85. The number of nitrogens with one attached hydrogen (secondary N) is 1. The topological polar surface area (TPSA) is 46.2 Å². The van der Waals surface area contributed by atoms with Crippen molar-refractivity contribution in [2.75, 3.05) is 5.21 Å². The van der Waals surface area contributed by atoms with Gasteiger partial charge in [0.2, 0.25) is 10.0 Å². The van der Waals surface area contributed by atoms with Gasteiger partial charge in [-0.15, -0.1) is 22.9 Å². The van der Waals surface area contributed by atoms with Gasteiger partial charge in [0.05, 0.1) is 0 Å². The fourth-order valence-corrected chi connectivity index (χ4v) is 2.41. The van der Waals surface area contributed by atoms with Crippen LogP contribution in [0.1, 0.15) is 9.75 Å². The van der Waals surface area contributed by atoms with Crippen molar-refractivity contribution in [3.63, 3.8) is 0 Å². The average molecular weight is 240 g/mol. The van der Waals surface area contributed by atoms with E-state index in [4.69, 9.17) is 11.6 Å². The predicted molar refractivity (Wildman–Crippen MR) is 55.5 cm³/mol. The lowest BCUT2D eigenvalue weighted by atomic mass is 10.4. The van der Waals surface area contributed by atoms with E-state index in [1.165, 1.54) is 4.88 Å². The molecule has 0 aliphatic rings. The maximum absolute atomic E-state index is 10.9. The summed E-state index contributed by atoms with van der Waals surface area (Å²) in [4.78, 5) is 2.16. The minimum absolute atomic E-state index is 0.327. The molecule has 0 unspecified atom stereocenters. The summed E-state index contributed by atoms with van der Waals surface area (Å²) < 4.78 is 24.3. The predicted octanol–water partition coefficient (Wildman–Crippen LogP) is 1.67. The second-order valence-corrected chi connectivity index (χ2v) is 6.32. The van der Waals surface area contributed by atoms with E-state index >= 15 is 0 Å². The third-order valence-corrected chi connectivity index (χ3v) is 4.14. The highest BCUT2D eigenvalue weighted by molar-refractivity contribution is 7.90. The van der Waals surface area contributed by atoms with Crippen molar-refractivity contribution in [2.24, 2.45) is 0 Å². The molecule has 0 spiro atoms. The molecule has 0 aliphatic heterocycles. The Morgan fingerprint density at radius 3 is 2.69 bits per heavy atom. The highest BCUT2D eigenvalue weighted by Crippen LogP contribution is 2.14. The molecule has 0 radical (unpaired) electrons. The van der Waals surface area contributed by atoms with Crippen molar-refractivity contribution >= 4 is 33.0 Å². The lowest BCUT2D eigenvalue weighted by molar-refractivity contribution is 0.586. The number of halogens is 1. The number of alkyl halides is 1. The summed E-state index contributed by atoms with van der Waals surface area (Å²) in [5, 5.41) is -0.392. The fourth-order valence-electron chi connectivity index (χ4n) is 0.800. The summed E-state index contributed by atoms with van der Waals surface area (Å²) in [7, 11) is -3.29. The molecule has 6 heteroatoms. The Bertz CT molecular complexity index is 372. The van der Waals surface area contributed by atoms with Gasteiger partial charge in [0, 0.05) is 16.3 Å². The molecule has 1 heterocycles. The Kier molecular flexibility index (Phi) is 3.73. The minimum Gasteiger partial charge on any atom is -0.211 e. The molecule has 0 aliphatic carbocycles. The molecule has 0 saturated heterocycles. The van der Waals surface area contributed by atoms with Crippen LogP contribution in [0.15, 0.2) is 12.1 Å². The SMILES string of the molecule is Cc1ccc(CNS(=O)(=O)CCl)s1.